The maximum absolute atomic E-state index is 14.5. The highest BCUT2D eigenvalue weighted by Gasteiger charge is 2.37. The largest absolute Gasteiger partial charge is 0.417 e. The third-order valence-corrected chi connectivity index (χ3v) is 9.97. The first-order valence-corrected chi connectivity index (χ1v) is 17.2. The molecule has 48 heavy (non-hydrogen) atoms. The van der Waals surface area contributed by atoms with Crippen molar-refractivity contribution in [3.8, 4) is 0 Å². The Bertz CT molecular complexity index is 1840. The molecule has 0 heterocycles. The first-order chi connectivity index (χ1) is 22.7. The van der Waals surface area contributed by atoms with Gasteiger partial charge in [-0.2, -0.15) is 13.2 Å². The molecule has 0 fully saturated rings. The van der Waals surface area contributed by atoms with Crippen LogP contribution in [0.4, 0.5) is 18.9 Å². The van der Waals surface area contributed by atoms with Crippen LogP contribution in [-0.4, -0.2) is 44.3 Å². The highest BCUT2D eigenvalue weighted by atomic mass is 35.5. The second-order valence-electron chi connectivity index (χ2n) is 11.4. The van der Waals surface area contributed by atoms with Crippen LogP contribution in [-0.2, 0) is 38.8 Å². The molecule has 0 bridgehead atoms. The lowest BCUT2D eigenvalue weighted by atomic mass is 10.0. The van der Waals surface area contributed by atoms with Crippen LogP contribution in [0.15, 0.2) is 102 Å². The molecule has 0 unspecified atom stereocenters. The molecule has 4 aromatic rings. The van der Waals surface area contributed by atoms with Crippen LogP contribution >= 0.6 is 11.6 Å². The molecule has 1 atom stereocenters. The van der Waals surface area contributed by atoms with Crippen LogP contribution < -0.4 is 9.62 Å². The number of hydrogen-bond acceptors (Lipinski definition) is 4. The van der Waals surface area contributed by atoms with Gasteiger partial charge in [0.2, 0.25) is 11.8 Å². The number of carbonyl (C=O) groups excluding carboxylic acids is 2. The van der Waals surface area contributed by atoms with Gasteiger partial charge in [0, 0.05) is 19.5 Å². The van der Waals surface area contributed by atoms with Crippen LogP contribution in [0.2, 0.25) is 5.02 Å². The van der Waals surface area contributed by atoms with Gasteiger partial charge in [0.25, 0.3) is 10.0 Å². The minimum atomic E-state index is -4.90. The topological polar surface area (TPSA) is 86.8 Å². The maximum Gasteiger partial charge on any atom is 0.417 e. The second-order valence-corrected chi connectivity index (χ2v) is 13.7. The molecule has 0 saturated carbocycles. The van der Waals surface area contributed by atoms with Crippen LogP contribution in [0.3, 0.4) is 0 Å². The van der Waals surface area contributed by atoms with Gasteiger partial charge in [-0.25, -0.2) is 8.42 Å². The smallest absolute Gasteiger partial charge is 0.354 e. The molecule has 0 aromatic heterocycles. The summed E-state index contributed by atoms with van der Waals surface area (Å²) in [5.74, 6) is -1.23. The Morgan fingerprint density at radius 1 is 0.896 bits per heavy atom. The highest BCUT2D eigenvalue weighted by molar-refractivity contribution is 7.92. The van der Waals surface area contributed by atoms with Gasteiger partial charge in [-0.05, 0) is 67.3 Å². The van der Waals surface area contributed by atoms with Gasteiger partial charge in [-0.3, -0.25) is 13.9 Å². The average molecular weight is 700 g/mol. The molecule has 12 heteroatoms. The fourth-order valence-electron chi connectivity index (χ4n) is 5.14. The number of aryl methyl sites for hydroxylation is 2. The van der Waals surface area contributed by atoms with E-state index in [1.165, 1.54) is 17.0 Å². The fourth-order valence-corrected chi connectivity index (χ4v) is 6.77. The minimum absolute atomic E-state index is 0.0601. The average Bonchev–Trinajstić information content (AvgIpc) is 3.05. The van der Waals surface area contributed by atoms with E-state index < -0.39 is 56.9 Å². The van der Waals surface area contributed by atoms with Crippen molar-refractivity contribution >= 4 is 39.1 Å². The normalized spacial score (nSPS) is 12.3. The number of alkyl halides is 3. The molecule has 0 saturated heterocycles. The summed E-state index contributed by atoms with van der Waals surface area (Å²) >= 11 is 5.88. The van der Waals surface area contributed by atoms with Crippen molar-refractivity contribution in [3.05, 3.63) is 130 Å². The van der Waals surface area contributed by atoms with Gasteiger partial charge in [-0.1, -0.05) is 90.8 Å². The Kier molecular flexibility index (Phi) is 11.9. The number of hydrogen-bond donors (Lipinski definition) is 1. The summed E-state index contributed by atoms with van der Waals surface area (Å²) in [6.07, 6.45) is -4.15. The van der Waals surface area contributed by atoms with E-state index >= 15 is 0 Å². The molecule has 7 nitrogen and oxygen atoms in total. The summed E-state index contributed by atoms with van der Waals surface area (Å²) in [5.41, 5.74) is 1.40. The zero-order chi connectivity index (χ0) is 35.1. The Hall–Kier alpha value is -4.35. The van der Waals surface area contributed by atoms with Crippen LogP contribution in [0.1, 0.15) is 41.2 Å². The maximum atomic E-state index is 14.5. The van der Waals surface area contributed by atoms with E-state index in [-0.39, 0.29) is 17.9 Å². The van der Waals surface area contributed by atoms with Gasteiger partial charge < -0.3 is 10.2 Å². The number of benzene rings is 4. The van der Waals surface area contributed by atoms with Crippen molar-refractivity contribution in [1.82, 2.24) is 10.2 Å². The lowest BCUT2D eigenvalue weighted by Gasteiger charge is -2.34. The molecule has 0 aliphatic carbocycles. The number of nitrogens with one attached hydrogen (secondary N) is 1. The fraction of sp³-hybridized carbons (Fsp3) is 0.278. The molecule has 4 aromatic carbocycles. The standard InChI is InChI=1S/C36H37ClF3N3O4S/c1-4-20-41-35(45)33(21-27-11-6-5-7-12-27)42(23-28-13-9-8-10-26(28)3)34(44)24-43(48(46,47)30-17-14-25(2)15-18-30)29-16-19-32(37)31(22-29)36(38,39)40/h5-19,22,33H,4,20-21,23-24H2,1-3H3,(H,41,45)/t33-/m0/s1. The van der Waals surface area contributed by atoms with E-state index in [0.717, 1.165) is 28.8 Å². The molecule has 0 spiro atoms. The number of carbonyl (C=O) groups is 2. The van der Waals surface area contributed by atoms with Gasteiger partial charge >= 0.3 is 6.18 Å². The number of amides is 2. The molecule has 1 N–H and O–H groups in total. The van der Waals surface area contributed by atoms with E-state index in [1.807, 2.05) is 44.2 Å². The first kappa shape index (κ1) is 36.5. The molecule has 4 rings (SSSR count). The van der Waals surface area contributed by atoms with Crippen molar-refractivity contribution in [2.24, 2.45) is 0 Å². The summed E-state index contributed by atoms with van der Waals surface area (Å²) in [5, 5.41) is 2.24. The number of anilines is 1. The summed E-state index contributed by atoms with van der Waals surface area (Å²) in [6, 6.07) is 23.7. The first-order valence-electron chi connectivity index (χ1n) is 15.3. The van der Waals surface area contributed by atoms with Crippen molar-refractivity contribution in [3.63, 3.8) is 0 Å². The predicted molar refractivity (Wildman–Crippen MR) is 181 cm³/mol. The molecule has 0 aliphatic rings. The molecule has 0 aliphatic heterocycles. The lowest BCUT2D eigenvalue weighted by Crippen LogP contribution is -2.53. The van der Waals surface area contributed by atoms with Gasteiger partial charge in [0.05, 0.1) is 21.2 Å². The summed E-state index contributed by atoms with van der Waals surface area (Å²) in [4.78, 5) is 29.4. The quantitative estimate of drug-likeness (QED) is 0.158. The SMILES string of the molecule is CCCNC(=O)[C@H](Cc1ccccc1)N(Cc1ccccc1C)C(=O)CN(c1ccc(Cl)c(C(F)(F)F)c1)S(=O)(=O)c1ccc(C)cc1. The lowest BCUT2D eigenvalue weighted by molar-refractivity contribution is -0.140. The van der Waals surface area contributed by atoms with E-state index in [2.05, 4.69) is 5.32 Å². The van der Waals surface area contributed by atoms with Crippen LogP contribution in [0.25, 0.3) is 0 Å². The predicted octanol–water partition coefficient (Wildman–Crippen LogP) is 7.34. The molecular formula is C36H37ClF3N3O4S. The van der Waals surface area contributed by atoms with Crippen molar-refractivity contribution in [2.75, 3.05) is 17.4 Å². The third-order valence-electron chi connectivity index (χ3n) is 7.85. The summed E-state index contributed by atoms with van der Waals surface area (Å²) < 4.78 is 70.8. The molecule has 2 amide bonds. The number of halogens is 4. The Morgan fingerprint density at radius 3 is 2.17 bits per heavy atom. The van der Waals surface area contributed by atoms with Crippen LogP contribution in [0.5, 0.6) is 0 Å². The Balaban J connectivity index is 1.87. The van der Waals surface area contributed by atoms with E-state index in [1.54, 1.807) is 43.3 Å². The van der Waals surface area contributed by atoms with Gasteiger partial charge in [0.1, 0.15) is 12.6 Å². The van der Waals surface area contributed by atoms with E-state index in [9.17, 15) is 31.2 Å². The Morgan fingerprint density at radius 2 is 1.54 bits per heavy atom. The van der Waals surface area contributed by atoms with Gasteiger partial charge in [0.15, 0.2) is 0 Å². The third kappa shape index (κ3) is 8.96. The highest BCUT2D eigenvalue weighted by Crippen LogP contribution is 2.38. The molecule has 0 radical (unpaired) electrons. The molecule has 254 valence electrons. The minimum Gasteiger partial charge on any atom is -0.354 e. The van der Waals surface area contributed by atoms with Gasteiger partial charge in [-0.15, -0.1) is 0 Å². The van der Waals surface area contributed by atoms with Crippen molar-refractivity contribution in [2.45, 2.75) is 57.3 Å². The van der Waals surface area contributed by atoms with E-state index in [4.69, 9.17) is 11.6 Å². The molecular weight excluding hydrogens is 663 g/mol. The zero-order valence-corrected chi connectivity index (χ0v) is 28.4. The number of rotatable bonds is 13. The Labute approximate surface area is 284 Å². The van der Waals surface area contributed by atoms with Crippen molar-refractivity contribution < 1.29 is 31.2 Å². The summed E-state index contributed by atoms with van der Waals surface area (Å²) in [6.45, 7) is 4.88. The van der Waals surface area contributed by atoms with E-state index in [0.29, 0.717) is 28.9 Å². The van der Waals surface area contributed by atoms with Crippen LogP contribution in [0, 0.1) is 13.8 Å². The number of nitrogens with zero attached hydrogens (tertiary/aromatic N) is 2. The zero-order valence-electron chi connectivity index (χ0n) is 26.8. The monoisotopic (exact) mass is 699 g/mol. The number of sulfonamides is 1. The second kappa shape index (κ2) is 15.7. The summed E-state index contributed by atoms with van der Waals surface area (Å²) in [7, 11) is -4.60. The van der Waals surface area contributed by atoms with Crippen molar-refractivity contribution in [1.29, 1.82) is 0 Å².